The van der Waals surface area contributed by atoms with Gasteiger partial charge in [0, 0.05) is 34.9 Å². The quantitative estimate of drug-likeness (QED) is 0.583. The van der Waals surface area contributed by atoms with Crippen molar-refractivity contribution >= 4 is 29.0 Å². The predicted molar refractivity (Wildman–Crippen MR) is 99.2 cm³/mol. The number of nitro benzene ring substituents is 1. The standard InChI is InChI=1S/C18H19N3O3S/c1-19-17(22)13-7-8-15(16(11-13)21(23)24)20-12-18(9-10-18)25-14-5-3-2-4-6-14/h2-8,11,20H,9-10,12H2,1H3,(H,19,22). The maximum Gasteiger partial charge on any atom is 0.293 e. The smallest absolute Gasteiger partial charge is 0.293 e. The van der Waals surface area contributed by atoms with Crippen LogP contribution in [0, 0.1) is 10.1 Å². The molecular formula is C18H19N3O3S. The van der Waals surface area contributed by atoms with E-state index in [2.05, 4.69) is 22.8 Å². The first-order valence-corrected chi connectivity index (χ1v) is 8.83. The van der Waals surface area contributed by atoms with Gasteiger partial charge in [0.2, 0.25) is 0 Å². The molecule has 130 valence electrons. The first-order valence-electron chi connectivity index (χ1n) is 8.01. The average molecular weight is 357 g/mol. The van der Waals surface area contributed by atoms with Gasteiger partial charge in [0.25, 0.3) is 11.6 Å². The largest absolute Gasteiger partial charge is 0.378 e. The Labute approximate surface area is 150 Å². The molecule has 2 N–H and O–H groups in total. The summed E-state index contributed by atoms with van der Waals surface area (Å²) >= 11 is 1.81. The summed E-state index contributed by atoms with van der Waals surface area (Å²) in [5.41, 5.74) is 0.638. The summed E-state index contributed by atoms with van der Waals surface area (Å²) in [6.07, 6.45) is 2.15. The third-order valence-corrected chi connectivity index (χ3v) is 5.66. The van der Waals surface area contributed by atoms with Crippen molar-refractivity contribution in [2.45, 2.75) is 22.5 Å². The van der Waals surface area contributed by atoms with E-state index in [0.717, 1.165) is 12.8 Å². The monoisotopic (exact) mass is 357 g/mol. The molecule has 1 amide bonds. The van der Waals surface area contributed by atoms with Crippen LogP contribution in [0.1, 0.15) is 23.2 Å². The van der Waals surface area contributed by atoms with Gasteiger partial charge in [0.15, 0.2) is 0 Å². The molecule has 1 aliphatic carbocycles. The van der Waals surface area contributed by atoms with E-state index in [-0.39, 0.29) is 21.9 Å². The Morgan fingerprint density at radius 3 is 2.56 bits per heavy atom. The Morgan fingerprint density at radius 1 is 1.24 bits per heavy atom. The number of thioether (sulfide) groups is 1. The minimum atomic E-state index is -0.460. The van der Waals surface area contributed by atoms with Gasteiger partial charge in [-0.25, -0.2) is 0 Å². The van der Waals surface area contributed by atoms with E-state index < -0.39 is 4.92 Å². The van der Waals surface area contributed by atoms with Gasteiger partial charge in [0.05, 0.1) is 4.92 Å². The fourth-order valence-corrected chi connectivity index (χ4v) is 3.81. The molecule has 0 heterocycles. The van der Waals surface area contributed by atoms with Crippen molar-refractivity contribution in [1.82, 2.24) is 5.32 Å². The topological polar surface area (TPSA) is 84.3 Å². The lowest BCUT2D eigenvalue weighted by atomic mass is 10.1. The lowest BCUT2D eigenvalue weighted by molar-refractivity contribution is -0.384. The fourth-order valence-electron chi connectivity index (χ4n) is 2.57. The third kappa shape index (κ3) is 4.11. The molecule has 2 aromatic carbocycles. The normalized spacial score (nSPS) is 14.6. The fraction of sp³-hybridized carbons (Fsp3) is 0.278. The van der Waals surface area contributed by atoms with E-state index in [1.165, 1.54) is 18.0 Å². The van der Waals surface area contributed by atoms with Crippen molar-refractivity contribution in [2.24, 2.45) is 0 Å². The second-order valence-corrected chi connectivity index (χ2v) is 7.56. The molecule has 25 heavy (non-hydrogen) atoms. The van der Waals surface area contributed by atoms with Crippen LogP contribution in [-0.4, -0.2) is 29.2 Å². The molecule has 2 aromatic rings. The van der Waals surface area contributed by atoms with E-state index in [9.17, 15) is 14.9 Å². The number of nitrogens with zero attached hydrogens (tertiary/aromatic N) is 1. The average Bonchev–Trinajstić information content (AvgIpc) is 3.39. The van der Waals surface area contributed by atoms with E-state index in [1.807, 2.05) is 18.2 Å². The number of carbonyl (C=O) groups is 1. The van der Waals surface area contributed by atoms with Gasteiger partial charge >= 0.3 is 0 Å². The number of rotatable bonds is 7. The molecule has 0 saturated heterocycles. The van der Waals surface area contributed by atoms with Crippen LogP contribution in [0.3, 0.4) is 0 Å². The van der Waals surface area contributed by atoms with Crippen LogP contribution in [0.25, 0.3) is 0 Å². The molecule has 1 fully saturated rings. The number of benzene rings is 2. The minimum Gasteiger partial charge on any atom is -0.378 e. The number of carbonyl (C=O) groups excluding carboxylic acids is 1. The number of nitrogens with one attached hydrogen (secondary N) is 2. The summed E-state index contributed by atoms with van der Waals surface area (Å²) in [7, 11) is 1.50. The maximum atomic E-state index is 11.7. The first-order chi connectivity index (χ1) is 12.0. The van der Waals surface area contributed by atoms with Gasteiger partial charge in [-0.05, 0) is 37.1 Å². The van der Waals surface area contributed by atoms with Gasteiger partial charge < -0.3 is 10.6 Å². The van der Waals surface area contributed by atoms with Gasteiger partial charge in [-0.15, -0.1) is 11.8 Å². The molecule has 0 aliphatic heterocycles. The number of nitro groups is 1. The van der Waals surface area contributed by atoms with Gasteiger partial charge in [-0.3, -0.25) is 14.9 Å². The van der Waals surface area contributed by atoms with Crippen LogP contribution in [0.15, 0.2) is 53.4 Å². The maximum absolute atomic E-state index is 11.7. The van der Waals surface area contributed by atoms with Gasteiger partial charge in [-0.1, -0.05) is 18.2 Å². The highest BCUT2D eigenvalue weighted by molar-refractivity contribution is 8.01. The van der Waals surface area contributed by atoms with E-state index in [0.29, 0.717) is 12.2 Å². The zero-order chi connectivity index (χ0) is 17.9. The molecule has 0 radical (unpaired) electrons. The predicted octanol–water partition coefficient (Wildman–Crippen LogP) is 3.69. The number of hydrogen-bond acceptors (Lipinski definition) is 5. The van der Waals surface area contributed by atoms with Crippen LogP contribution in [0.4, 0.5) is 11.4 Å². The van der Waals surface area contributed by atoms with E-state index in [1.54, 1.807) is 23.9 Å². The highest BCUT2D eigenvalue weighted by atomic mass is 32.2. The van der Waals surface area contributed by atoms with Crippen molar-refractivity contribution in [2.75, 3.05) is 18.9 Å². The van der Waals surface area contributed by atoms with Crippen molar-refractivity contribution in [1.29, 1.82) is 0 Å². The molecule has 0 spiro atoms. The zero-order valence-corrected chi connectivity index (χ0v) is 14.6. The van der Waals surface area contributed by atoms with Crippen LogP contribution < -0.4 is 10.6 Å². The highest BCUT2D eigenvalue weighted by Gasteiger charge is 2.43. The van der Waals surface area contributed by atoms with Crippen LogP contribution in [-0.2, 0) is 0 Å². The van der Waals surface area contributed by atoms with E-state index >= 15 is 0 Å². The van der Waals surface area contributed by atoms with Crippen LogP contribution in [0.2, 0.25) is 0 Å². The number of amides is 1. The molecule has 0 atom stereocenters. The van der Waals surface area contributed by atoms with E-state index in [4.69, 9.17) is 0 Å². The summed E-state index contributed by atoms with van der Waals surface area (Å²) in [5, 5.41) is 17.0. The Bertz CT molecular complexity index is 791. The molecule has 7 heteroatoms. The van der Waals surface area contributed by atoms with Gasteiger partial charge in [0.1, 0.15) is 5.69 Å². The second kappa shape index (κ2) is 7.14. The summed E-state index contributed by atoms with van der Waals surface area (Å²) in [5.74, 6) is -0.340. The third-order valence-electron chi connectivity index (χ3n) is 4.17. The second-order valence-electron chi connectivity index (χ2n) is 6.02. The Hall–Kier alpha value is -2.54. The Kier molecular flexibility index (Phi) is 4.94. The van der Waals surface area contributed by atoms with Crippen molar-refractivity contribution in [3.8, 4) is 0 Å². The van der Waals surface area contributed by atoms with Crippen LogP contribution in [0.5, 0.6) is 0 Å². The highest BCUT2D eigenvalue weighted by Crippen LogP contribution is 2.51. The lowest BCUT2D eigenvalue weighted by Gasteiger charge is -2.17. The summed E-state index contributed by atoms with van der Waals surface area (Å²) in [6, 6.07) is 14.7. The molecule has 0 unspecified atom stereocenters. The van der Waals surface area contributed by atoms with Crippen molar-refractivity contribution < 1.29 is 9.72 Å². The molecular weight excluding hydrogens is 338 g/mol. The SMILES string of the molecule is CNC(=O)c1ccc(NCC2(Sc3ccccc3)CC2)c([N+](=O)[O-])c1. The molecule has 6 nitrogen and oxygen atoms in total. The molecule has 1 saturated carbocycles. The Balaban J connectivity index is 1.72. The zero-order valence-electron chi connectivity index (χ0n) is 13.8. The Morgan fingerprint density at radius 2 is 1.96 bits per heavy atom. The summed E-state index contributed by atoms with van der Waals surface area (Å²) in [6.45, 7) is 0.646. The molecule has 0 bridgehead atoms. The van der Waals surface area contributed by atoms with Gasteiger partial charge in [-0.2, -0.15) is 0 Å². The minimum absolute atomic E-state index is 0.0781. The van der Waals surface area contributed by atoms with Crippen molar-refractivity contribution in [3.63, 3.8) is 0 Å². The number of anilines is 1. The summed E-state index contributed by atoms with van der Waals surface area (Å²) in [4.78, 5) is 23.8. The van der Waals surface area contributed by atoms with Crippen molar-refractivity contribution in [3.05, 3.63) is 64.2 Å². The number of hydrogen-bond donors (Lipinski definition) is 2. The van der Waals surface area contributed by atoms with Crippen LogP contribution >= 0.6 is 11.8 Å². The lowest BCUT2D eigenvalue weighted by Crippen LogP contribution is -2.20. The first kappa shape index (κ1) is 17.3. The summed E-state index contributed by atoms with van der Waals surface area (Å²) < 4.78 is 0.0781. The molecule has 0 aromatic heterocycles. The molecule has 3 rings (SSSR count). The molecule has 1 aliphatic rings.